The summed E-state index contributed by atoms with van der Waals surface area (Å²) in [6.45, 7) is 0.120. The van der Waals surface area contributed by atoms with Crippen LogP contribution in [0.2, 0.25) is 0 Å². The van der Waals surface area contributed by atoms with Crippen LogP contribution in [0, 0.1) is 0 Å². The topological polar surface area (TPSA) is 89.6 Å². The highest BCUT2D eigenvalue weighted by molar-refractivity contribution is 6.03. The van der Waals surface area contributed by atoms with Crippen LogP contribution in [-0.2, 0) is 11.3 Å². The van der Waals surface area contributed by atoms with Crippen molar-refractivity contribution >= 4 is 17.6 Å². The van der Waals surface area contributed by atoms with Gasteiger partial charge in [-0.1, -0.05) is 54.6 Å². The number of benzene rings is 3. The van der Waals surface area contributed by atoms with Crippen molar-refractivity contribution in [1.29, 1.82) is 0 Å². The normalized spacial score (nSPS) is 10.3. The zero-order valence-corrected chi connectivity index (χ0v) is 13.9. The second kappa shape index (κ2) is 7.53. The van der Waals surface area contributed by atoms with Crippen molar-refractivity contribution in [2.75, 3.05) is 5.73 Å². The molecule has 0 amide bonds. The molecule has 0 saturated carbocycles. The van der Waals surface area contributed by atoms with Crippen LogP contribution in [0.1, 0.15) is 26.3 Å². The Morgan fingerprint density at radius 1 is 0.846 bits per heavy atom. The SMILES string of the molecule is Nc1ccc(-c2ccccc2C(=O)O)c(C(=O)OCc2ccccc2)c1. The highest BCUT2D eigenvalue weighted by Gasteiger charge is 2.19. The quantitative estimate of drug-likeness (QED) is 0.538. The molecule has 0 radical (unpaired) electrons. The summed E-state index contributed by atoms with van der Waals surface area (Å²) in [4.78, 5) is 24.1. The van der Waals surface area contributed by atoms with Gasteiger partial charge in [-0.3, -0.25) is 0 Å². The van der Waals surface area contributed by atoms with E-state index in [1.54, 1.807) is 30.3 Å². The number of aromatic carboxylic acids is 1. The molecule has 0 unspecified atom stereocenters. The summed E-state index contributed by atoms with van der Waals surface area (Å²) in [5, 5.41) is 9.42. The minimum absolute atomic E-state index is 0.106. The summed E-state index contributed by atoms with van der Waals surface area (Å²) < 4.78 is 5.39. The minimum Gasteiger partial charge on any atom is -0.478 e. The van der Waals surface area contributed by atoms with Gasteiger partial charge in [0.15, 0.2) is 0 Å². The number of carboxylic acids is 1. The lowest BCUT2D eigenvalue weighted by Gasteiger charge is -2.13. The summed E-state index contributed by atoms with van der Waals surface area (Å²) in [6.07, 6.45) is 0. The van der Waals surface area contributed by atoms with E-state index in [1.807, 2.05) is 30.3 Å². The van der Waals surface area contributed by atoms with Crippen molar-refractivity contribution < 1.29 is 19.4 Å². The second-order valence-corrected chi connectivity index (χ2v) is 5.72. The first-order chi connectivity index (χ1) is 12.6. The molecule has 0 saturated heterocycles. The van der Waals surface area contributed by atoms with Gasteiger partial charge in [0.1, 0.15) is 6.61 Å². The highest BCUT2D eigenvalue weighted by atomic mass is 16.5. The third-order valence-electron chi connectivity index (χ3n) is 3.92. The van der Waals surface area contributed by atoms with Gasteiger partial charge >= 0.3 is 11.9 Å². The number of hydrogen-bond acceptors (Lipinski definition) is 4. The first kappa shape index (κ1) is 17.2. The van der Waals surface area contributed by atoms with Crippen molar-refractivity contribution in [3.8, 4) is 11.1 Å². The Balaban J connectivity index is 1.96. The second-order valence-electron chi connectivity index (χ2n) is 5.72. The van der Waals surface area contributed by atoms with E-state index in [-0.39, 0.29) is 17.7 Å². The smallest absolute Gasteiger partial charge is 0.339 e. The van der Waals surface area contributed by atoms with Crippen molar-refractivity contribution in [2.45, 2.75) is 6.61 Å². The molecule has 26 heavy (non-hydrogen) atoms. The van der Waals surface area contributed by atoms with Gasteiger partial charge in [0.2, 0.25) is 0 Å². The van der Waals surface area contributed by atoms with Crippen LogP contribution in [0.4, 0.5) is 5.69 Å². The van der Waals surface area contributed by atoms with Crippen molar-refractivity contribution in [3.05, 3.63) is 89.5 Å². The Labute approximate surface area is 150 Å². The van der Waals surface area contributed by atoms with Gasteiger partial charge in [0.05, 0.1) is 11.1 Å². The van der Waals surface area contributed by atoms with E-state index in [9.17, 15) is 14.7 Å². The monoisotopic (exact) mass is 347 g/mol. The van der Waals surface area contributed by atoms with Crippen LogP contribution >= 0.6 is 0 Å². The number of carbonyl (C=O) groups excluding carboxylic acids is 1. The van der Waals surface area contributed by atoms with E-state index in [0.29, 0.717) is 16.8 Å². The van der Waals surface area contributed by atoms with Gasteiger partial charge < -0.3 is 15.6 Å². The van der Waals surface area contributed by atoms with E-state index >= 15 is 0 Å². The Hall–Kier alpha value is -3.60. The fourth-order valence-electron chi connectivity index (χ4n) is 2.67. The van der Waals surface area contributed by atoms with Crippen molar-refractivity contribution in [3.63, 3.8) is 0 Å². The Kier molecular flexibility index (Phi) is 4.99. The molecular formula is C21H17NO4. The molecule has 0 aliphatic rings. The molecule has 0 aliphatic heterocycles. The number of esters is 1. The number of nitrogens with two attached hydrogens (primary N) is 1. The van der Waals surface area contributed by atoms with Gasteiger partial charge in [-0.2, -0.15) is 0 Å². The minimum atomic E-state index is -1.07. The van der Waals surface area contributed by atoms with Crippen LogP contribution in [0.25, 0.3) is 11.1 Å². The lowest BCUT2D eigenvalue weighted by Crippen LogP contribution is -2.09. The Morgan fingerprint density at radius 3 is 2.23 bits per heavy atom. The molecule has 130 valence electrons. The van der Waals surface area contributed by atoms with E-state index in [1.165, 1.54) is 12.1 Å². The predicted molar refractivity (Wildman–Crippen MR) is 98.8 cm³/mol. The van der Waals surface area contributed by atoms with Crippen molar-refractivity contribution in [1.82, 2.24) is 0 Å². The standard InChI is InChI=1S/C21H17NO4/c22-15-10-11-17(16-8-4-5-9-18(16)20(23)24)19(12-15)21(25)26-13-14-6-2-1-3-7-14/h1-12H,13,22H2,(H,23,24). The lowest BCUT2D eigenvalue weighted by atomic mass is 9.95. The number of nitrogen functional groups attached to an aromatic ring is 1. The molecule has 0 spiro atoms. The van der Waals surface area contributed by atoms with E-state index in [0.717, 1.165) is 5.56 Å². The van der Waals surface area contributed by atoms with Crippen LogP contribution < -0.4 is 5.73 Å². The molecule has 0 aromatic heterocycles. The first-order valence-corrected chi connectivity index (χ1v) is 7.99. The van der Waals surface area contributed by atoms with Crippen LogP contribution in [0.15, 0.2) is 72.8 Å². The van der Waals surface area contributed by atoms with E-state index in [2.05, 4.69) is 0 Å². The molecule has 0 fully saturated rings. The number of hydrogen-bond donors (Lipinski definition) is 2. The van der Waals surface area contributed by atoms with E-state index in [4.69, 9.17) is 10.5 Å². The maximum absolute atomic E-state index is 12.6. The fraction of sp³-hybridized carbons (Fsp3) is 0.0476. The maximum Gasteiger partial charge on any atom is 0.339 e. The third-order valence-corrected chi connectivity index (χ3v) is 3.92. The summed E-state index contributed by atoms with van der Waals surface area (Å²) in [7, 11) is 0. The van der Waals surface area contributed by atoms with Gasteiger partial charge in [-0.25, -0.2) is 9.59 Å². The largest absolute Gasteiger partial charge is 0.478 e. The lowest BCUT2D eigenvalue weighted by molar-refractivity contribution is 0.0473. The number of carbonyl (C=O) groups is 2. The molecule has 5 nitrogen and oxygen atoms in total. The predicted octanol–water partition coefficient (Wildman–Crippen LogP) is 3.99. The molecule has 3 rings (SSSR count). The number of anilines is 1. The number of carboxylic acid groups (broad SMARTS) is 1. The van der Waals surface area contributed by atoms with Crippen molar-refractivity contribution in [2.24, 2.45) is 0 Å². The zero-order chi connectivity index (χ0) is 18.5. The average Bonchev–Trinajstić information content (AvgIpc) is 2.67. The molecule has 0 aliphatic carbocycles. The molecule has 5 heteroatoms. The van der Waals surface area contributed by atoms with Gasteiger partial charge in [0.25, 0.3) is 0 Å². The highest BCUT2D eigenvalue weighted by Crippen LogP contribution is 2.29. The molecule has 3 aromatic carbocycles. The Bertz CT molecular complexity index is 951. The summed E-state index contributed by atoms with van der Waals surface area (Å²) in [6, 6.07) is 20.6. The zero-order valence-electron chi connectivity index (χ0n) is 13.9. The molecule has 3 N–H and O–H groups in total. The maximum atomic E-state index is 12.6. The summed E-state index contributed by atoms with van der Waals surface area (Å²) >= 11 is 0. The van der Waals surface area contributed by atoms with Gasteiger partial charge in [0, 0.05) is 5.69 Å². The first-order valence-electron chi connectivity index (χ1n) is 7.99. The number of ether oxygens (including phenoxy) is 1. The molecule has 0 bridgehead atoms. The van der Waals surface area contributed by atoms with Crippen LogP contribution in [-0.4, -0.2) is 17.0 Å². The van der Waals surface area contributed by atoms with Gasteiger partial charge in [-0.05, 0) is 34.9 Å². The molecule has 0 atom stereocenters. The average molecular weight is 347 g/mol. The van der Waals surface area contributed by atoms with Gasteiger partial charge in [-0.15, -0.1) is 0 Å². The Morgan fingerprint density at radius 2 is 1.50 bits per heavy atom. The molecule has 0 heterocycles. The van der Waals surface area contributed by atoms with Crippen LogP contribution in [0.3, 0.4) is 0 Å². The molecule has 3 aromatic rings. The summed E-state index contributed by atoms with van der Waals surface area (Å²) in [5.41, 5.74) is 8.32. The van der Waals surface area contributed by atoms with Crippen LogP contribution in [0.5, 0.6) is 0 Å². The fourth-order valence-corrected chi connectivity index (χ4v) is 2.67. The van der Waals surface area contributed by atoms with E-state index < -0.39 is 11.9 Å². The molecular weight excluding hydrogens is 330 g/mol. The summed E-state index contributed by atoms with van der Waals surface area (Å²) in [5.74, 6) is -1.63. The number of rotatable bonds is 5. The third kappa shape index (κ3) is 3.72.